The summed E-state index contributed by atoms with van der Waals surface area (Å²) in [6, 6.07) is 1.57. The van der Waals surface area contributed by atoms with E-state index in [1.165, 1.54) is 0 Å². The molecule has 0 radical (unpaired) electrons. The van der Waals surface area contributed by atoms with Crippen LogP contribution in [0, 0.1) is 5.92 Å². The molecule has 1 rings (SSSR count). The molecule has 5 nitrogen and oxygen atoms in total. The minimum Gasteiger partial charge on any atom is -0.397 e. The Morgan fingerprint density at radius 1 is 1.53 bits per heavy atom. The lowest BCUT2D eigenvalue weighted by Crippen LogP contribution is -2.36. The molecule has 96 valence electrons. The summed E-state index contributed by atoms with van der Waals surface area (Å²) in [5.74, 6) is -0.0179. The molecule has 0 bridgehead atoms. The van der Waals surface area contributed by atoms with Gasteiger partial charge in [-0.3, -0.25) is 4.79 Å². The molecule has 5 N–H and O–H groups in total. The highest BCUT2D eigenvalue weighted by Crippen LogP contribution is 2.12. The Kier molecular flexibility index (Phi) is 5.03. The van der Waals surface area contributed by atoms with Crippen LogP contribution >= 0.6 is 0 Å². The number of amides is 1. The van der Waals surface area contributed by atoms with Gasteiger partial charge in [-0.2, -0.15) is 0 Å². The predicted molar refractivity (Wildman–Crippen MR) is 67.6 cm³/mol. The summed E-state index contributed by atoms with van der Waals surface area (Å²) >= 11 is 0. The Hall–Kier alpha value is -1.49. The molecule has 0 aliphatic carbocycles. The van der Waals surface area contributed by atoms with Gasteiger partial charge >= 0.3 is 0 Å². The molecule has 1 unspecified atom stereocenters. The van der Waals surface area contributed by atoms with Crippen LogP contribution in [0.3, 0.4) is 0 Å². The number of nitrogens with two attached hydrogens (primary N) is 1. The highest BCUT2D eigenvalue weighted by Gasteiger charge is 2.16. The quantitative estimate of drug-likeness (QED) is 0.599. The fourth-order valence-corrected chi connectivity index (χ4v) is 1.83. The van der Waals surface area contributed by atoms with Gasteiger partial charge in [0.2, 0.25) is 0 Å². The zero-order chi connectivity index (χ0) is 12.8. The van der Waals surface area contributed by atoms with Crippen LogP contribution in [0.2, 0.25) is 0 Å². The van der Waals surface area contributed by atoms with E-state index in [0.29, 0.717) is 11.4 Å². The SMILES string of the molecule is CCC(CC)C(O)CNC(=O)c1cc(N)c[nH]1. The van der Waals surface area contributed by atoms with Gasteiger partial charge < -0.3 is 21.1 Å². The lowest BCUT2D eigenvalue weighted by atomic mass is 9.96. The van der Waals surface area contributed by atoms with E-state index < -0.39 is 6.10 Å². The van der Waals surface area contributed by atoms with Crippen molar-refractivity contribution < 1.29 is 9.90 Å². The zero-order valence-corrected chi connectivity index (χ0v) is 10.4. The van der Waals surface area contributed by atoms with Gasteiger partial charge in [0.25, 0.3) is 5.91 Å². The highest BCUT2D eigenvalue weighted by molar-refractivity contribution is 5.93. The summed E-state index contributed by atoms with van der Waals surface area (Å²) in [5.41, 5.74) is 6.44. The summed E-state index contributed by atoms with van der Waals surface area (Å²) in [4.78, 5) is 14.4. The molecule has 0 aliphatic rings. The van der Waals surface area contributed by atoms with Crippen LogP contribution in [0.25, 0.3) is 0 Å². The Morgan fingerprint density at radius 2 is 2.18 bits per heavy atom. The van der Waals surface area contributed by atoms with Crippen molar-refractivity contribution in [2.45, 2.75) is 32.8 Å². The first-order valence-electron chi connectivity index (χ1n) is 5.98. The molecule has 0 fully saturated rings. The molecular formula is C12H21N3O2. The maximum absolute atomic E-state index is 11.7. The van der Waals surface area contributed by atoms with Crippen LogP contribution in [0.4, 0.5) is 5.69 Å². The van der Waals surface area contributed by atoms with Crippen LogP contribution in [0.1, 0.15) is 37.2 Å². The average Bonchev–Trinajstić information content (AvgIpc) is 2.74. The molecule has 1 heterocycles. The first-order valence-corrected chi connectivity index (χ1v) is 5.98. The van der Waals surface area contributed by atoms with Crippen LogP contribution in [-0.2, 0) is 0 Å². The number of hydrogen-bond acceptors (Lipinski definition) is 3. The Balaban J connectivity index is 2.43. The molecule has 1 aromatic heterocycles. The van der Waals surface area contributed by atoms with E-state index in [1.807, 2.05) is 13.8 Å². The topological polar surface area (TPSA) is 91.1 Å². The van der Waals surface area contributed by atoms with Crippen LogP contribution in [0.5, 0.6) is 0 Å². The van der Waals surface area contributed by atoms with Gasteiger partial charge in [0, 0.05) is 18.4 Å². The third kappa shape index (κ3) is 3.78. The van der Waals surface area contributed by atoms with Gasteiger partial charge in [-0.05, 0) is 12.0 Å². The number of H-pyrrole nitrogens is 1. The van der Waals surface area contributed by atoms with Crippen molar-refractivity contribution in [1.29, 1.82) is 0 Å². The molecule has 0 aliphatic heterocycles. The number of carbonyl (C=O) groups is 1. The molecule has 1 aromatic rings. The second-order valence-corrected chi connectivity index (χ2v) is 4.20. The van der Waals surface area contributed by atoms with Crippen molar-refractivity contribution in [3.05, 3.63) is 18.0 Å². The third-order valence-corrected chi connectivity index (χ3v) is 3.01. The maximum atomic E-state index is 11.7. The largest absolute Gasteiger partial charge is 0.397 e. The summed E-state index contributed by atoms with van der Waals surface area (Å²) < 4.78 is 0. The fraction of sp³-hybridized carbons (Fsp3) is 0.583. The summed E-state index contributed by atoms with van der Waals surface area (Å²) in [7, 11) is 0. The average molecular weight is 239 g/mol. The number of rotatable bonds is 6. The summed E-state index contributed by atoms with van der Waals surface area (Å²) in [5, 5.41) is 12.5. The van der Waals surface area contributed by atoms with Crippen molar-refractivity contribution >= 4 is 11.6 Å². The molecule has 0 aromatic carbocycles. The minimum absolute atomic E-state index is 0.226. The Morgan fingerprint density at radius 3 is 2.65 bits per heavy atom. The van der Waals surface area contributed by atoms with E-state index in [1.54, 1.807) is 12.3 Å². The Bertz CT molecular complexity index is 358. The van der Waals surface area contributed by atoms with Gasteiger partial charge in [-0.25, -0.2) is 0 Å². The van der Waals surface area contributed by atoms with Crippen LogP contribution in [-0.4, -0.2) is 28.6 Å². The first-order chi connectivity index (χ1) is 8.08. The molecule has 0 saturated carbocycles. The van der Waals surface area contributed by atoms with E-state index >= 15 is 0 Å². The van der Waals surface area contributed by atoms with Crippen molar-refractivity contribution in [3.63, 3.8) is 0 Å². The number of hydrogen-bond donors (Lipinski definition) is 4. The number of carbonyl (C=O) groups excluding carboxylic acids is 1. The van der Waals surface area contributed by atoms with E-state index in [-0.39, 0.29) is 18.4 Å². The van der Waals surface area contributed by atoms with Crippen molar-refractivity contribution in [2.75, 3.05) is 12.3 Å². The van der Waals surface area contributed by atoms with Crippen LogP contribution < -0.4 is 11.1 Å². The van der Waals surface area contributed by atoms with E-state index in [0.717, 1.165) is 12.8 Å². The minimum atomic E-state index is -0.499. The molecule has 5 heteroatoms. The van der Waals surface area contributed by atoms with Gasteiger partial charge in [0.1, 0.15) is 5.69 Å². The highest BCUT2D eigenvalue weighted by atomic mass is 16.3. The lowest BCUT2D eigenvalue weighted by molar-refractivity contribution is 0.0813. The number of nitrogen functional groups attached to an aromatic ring is 1. The number of anilines is 1. The molecule has 1 amide bonds. The van der Waals surface area contributed by atoms with Crippen molar-refractivity contribution in [1.82, 2.24) is 10.3 Å². The second-order valence-electron chi connectivity index (χ2n) is 4.20. The maximum Gasteiger partial charge on any atom is 0.267 e. The van der Waals surface area contributed by atoms with Gasteiger partial charge in [0.15, 0.2) is 0 Å². The molecule has 0 spiro atoms. The van der Waals surface area contributed by atoms with Gasteiger partial charge in [-0.15, -0.1) is 0 Å². The third-order valence-electron chi connectivity index (χ3n) is 3.01. The van der Waals surface area contributed by atoms with Crippen molar-refractivity contribution in [3.8, 4) is 0 Å². The van der Waals surface area contributed by atoms with E-state index in [9.17, 15) is 9.90 Å². The van der Waals surface area contributed by atoms with Crippen LogP contribution in [0.15, 0.2) is 12.3 Å². The van der Waals surface area contributed by atoms with E-state index in [2.05, 4.69) is 10.3 Å². The molecule has 1 atom stereocenters. The van der Waals surface area contributed by atoms with Gasteiger partial charge in [0.05, 0.1) is 6.10 Å². The lowest BCUT2D eigenvalue weighted by Gasteiger charge is -2.20. The molecular weight excluding hydrogens is 218 g/mol. The molecule has 17 heavy (non-hydrogen) atoms. The van der Waals surface area contributed by atoms with E-state index in [4.69, 9.17) is 5.73 Å². The number of aliphatic hydroxyl groups is 1. The standard InChI is InChI=1S/C12H21N3O2/c1-3-8(4-2)11(16)7-15-12(17)10-5-9(13)6-14-10/h5-6,8,11,14,16H,3-4,7,13H2,1-2H3,(H,15,17). The monoisotopic (exact) mass is 239 g/mol. The zero-order valence-electron chi connectivity index (χ0n) is 10.4. The van der Waals surface area contributed by atoms with Gasteiger partial charge in [-0.1, -0.05) is 26.7 Å². The predicted octanol–water partition coefficient (Wildman–Crippen LogP) is 1.12. The second kappa shape index (κ2) is 6.30. The number of aromatic amines is 1. The fourth-order valence-electron chi connectivity index (χ4n) is 1.83. The Labute approximate surface area is 101 Å². The molecule has 0 saturated heterocycles. The summed E-state index contributed by atoms with van der Waals surface area (Å²) in [6.45, 7) is 4.33. The van der Waals surface area contributed by atoms with Crippen molar-refractivity contribution in [2.24, 2.45) is 5.92 Å². The summed E-state index contributed by atoms with van der Waals surface area (Å²) in [6.07, 6.45) is 2.87. The smallest absolute Gasteiger partial charge is 0.267 e. The number of aliphatic hydroxyl groups excluding tert-OH is 1. The number of nitrogens with one attached hydrogen (secondary N) is 2. The number of aromatic nitrogens is 1. The normalized spacial score (nSPS) is 12.7. The first kappa shape index (κ1) is 13.6.